The van der Waals surface area contributed by atoms with Crippen molar-refractivity contribution in [1.82, 2.24) is 0 Å². The largest absolute Gasteiger partial charge is 0.462 e. The van der Waals surface area contributed by atoms with Gasteiger partial charge in [0.15, 0.2) is 6.10 Å². The normalized spacial score (nSPS) is 13.8. The molecule has 0 aromatic heterocycles. The lowest BCUT2D eigenvalue weighted by atomic mass is 10.0. The van der Waals surface area contributed by atoms with Crippen molar-refractivity contribution in [2.75, 3.05) is 13.2 Å². The number of allylic oxidation sites excluding steroid dienone is 6. The maximum Gasteiger partial charge on any atom is 0.306 e. The number of rotatable bonds is 20. The molecule has 0 radical (unpaired) electrons. The second kappa shape index (κ2) is 21.5. The van der Waals surface area contributed by atoms with E-state index in [0.717, 1.165) is 38.5 Å². The Morgan fingerprint density at radius 3 is 1.15 bits per heavy atom. The van der Waals surface area contributed by atoms with E-state index >= 15 is 0 Å². The third kappa shape index (κ3) is 23.3. The molecule has 0 fully saturated rings. The zero-order chi connectivity index (χ0) is 29.8. The quantitative estimate of drug-likeness (QED) is 0.0865. The first-order valence-electron chi connectivity index (χ1n) is 14.7. The van der Waals surface area contributed by atoms with Crippen molar-refractivity contribution in [2.45, 2.75) is 126 Å². The van der Waals surface area contributed by atoms with E-state index in [1.165, 1.54) is 16.7 Å². The molecule has 0 saturated heterocycles. The Kier molecular flexibility index (Phi) is 20.1. The van der Waals surface area contributed by atoms with Crippen molar-refractivity contribution >= 4 is 17.9 Å². The van der Waals surface area contributed by atoms with Crippen molar-refractivity contribution in [3.63, 3.8) is 0 Å². The highest BCUT2D eigenvalue weighted by atomic mass is 16.6. The fourth-order valence-electron chi connectivity index (χ4n) is 3.97. The number of ether oxygens (including phenoxy) is 3. The standard InChI is InChI=1S/C33H56O6/c1-24(2)13-10-16-27(7)19-31(34)37-22-30(39-33(36)21-29(9)18-12-15-26(5)6)23-38-32(35)20-28(8)17-11-14-25(3)4/h13-15,27-30H,10-12,16-23H2,1-9H3. The summed E-state index contributed by atoms with van der Waals surface area (Å²) in [7, 11) is 0. The molecule has 0 N–H and O–H groups in total. The summed E-state index contributed by atoms with van der Waals surface area (Å²) in [6.45, 7) is 18.2. The molecule has 0 aliphatic heterocycles. The van der Waals surface area contributed by atoms with Crippen LogP contribution in [0.3, 0.4) is 0 Å². The minimum Gasteiger partial charge on any atom is -0.462 e. The second-order valence-electron chi connectivity index (χ2n) is 12.0. The van der Waals surface area contributed by atoms with Crippen molar-refractivity contribution in [2.24, 2.45) is 17.8 Å². The molecule has 3 unspecified atom stereocenters. The van der Waals surface area contributed by atoms with E-state index in [1.807, 2.05) is 20.8 Å². The summed E-state index contributed by atoms with van der Waals surface area (Å²) >= 11 is 0. The molecule has 6 heteroatoms. The van der Waals surface area contributed by atoms with Gasteiger partial charge in [0.1, 0.15) is 13.2 Å². The van der Waals surface area contributed by atoms with Gasteiger partial charge >= 0.3 is 17.9 Å². The van der Waals surface area contributed by atoms with E-state index in [9.17, 15) is 14.4 Å². The van der Waals surface area contributed by atoms with E-state index in [0.29, 0.717) is 12.8 Å². The molecule has 0 rings (SSSR count). The fourth-order valence-corrected chi connectivity index (χ4v) is 3.97. The Hall–Kier alpha value is -2.37. The number of carbonyl (C=O) groups excluding carboxylic acids is 3. The minimum atomic E-state index is -0.822. The van der Waals surface area contributed by atoms with E-state index in [4.69, 9.17) is 14.2 Å². The van der Waals surface area contributed by atoms with E-state index in [-0.39, 0.29) is 55.3 Å². The van der Waals surface area contributed by atoms with Gasteiger partial charge in [-0.1, -0.05) is 55.7 Å². The number of hydrogen-bond acceptors (Lipinski definition) is 6. The highest BCUT2D eigenvalue weighted by Crippen LogP contribution is 2.16. The zero-order valence-electron chi connectivity index (χ0n) is 26.3. The van der Waals surface area contributed by atoms with Gasteiger partial charge in [-0.2, -0.15) is 0 Å². The van der Waals surface area contributed by atoms with Gasteiger partial charge in [-0.3, -0.25) is 14.4 Å². The molecular weight excluding hydrogens is 492 g/mol. The Morgan fingerprint density at radius 1 is 0.538 bits per heavy atom. The molecule has 3 atom stereocenters. The molecule has 0 aliphatic carbocycles. The zero-order valence-corrected chi connectivity index (χ0v) is 26.3. The monoisotopic (exact) mass is 548 g/mol. The number of esters is 3. The highest BCUT2D eigenvalue weighted by molar-refractivity contribution is 5.71. The van der Waals surface area contributed by atoms with Gasteiger partial charge in [-0.05, 0) is 97.8 Å². The van der Waals surface area contributed by atoms with Crippen LogP contribution in [0.25, 0.3) is 0 Å². The smallest absolute Gasteiger partial charge is 0.306 e. The van der Waals surface area contributed by atoms with Crippen LogP contribution in [-0.4, -0.2) is 37.2 Å². The lowest BCUT2D eigenvalue weighted by Gasteiger charge is -2.20. The average Bonchev–Trinajstić information content (AvgIpc) is 2.79. The molecule has 224 valence electrons. The molecule has 0 heterocycles. The van der Waals surface area contributed by atoms with Crippen LogP contribution in [0.1, 0.15) is 120 Å². The first-order valence-corrected chi connectivity index (χ1v) is 14.7. The Bertz CT molecular complexity index is 764. The maximum atomic E-state index is 12.6. The van der Waals surface area contributed by atoms with Crippen molar-refractivity contribution in [1.29, 1.82) is 0 Å². The summed E-state index contributed by atoms with van der Waals surface area (Å²) in [4.78, 5) is 37.5. The van der Waals surface area contributed by atoms with Crippen LogP contribution in [0.2, 0.25) is 0 Å². The summed E-state index contributed by atoms with van der Waals surface area (Å²) < 4.78 is 16.5. The second-order valence-corrected chi connectivity index (χ2v) is 12.0. The number of hydrogen-bond donors (Lipinski definition) is 0. The number of carbonyl (C=O) groups is 3. The Balaban J connectivity index is 4.90. The molecule has 0 aromatic carbocycles. The van der Waals surface area contributed by atoms with Crippen LogP contribution in [-0.2, 0) is 28.6 Å². The van der Waals surface area contributed by atoms with E-state index < -0.39 is 6.10 Å². The highest BCUT2D eigenvalue weighted by Gasteiger charge is 2.22. The molecule has 0 saturated carbocycles. The lowest BCUT2D eigenvalue weighted by Crippen LogP contribution is -2.31. The minimum absolute atomic E-state index is 0.124. The summed E-state index contributed by atoms with van der Waals surface area (Å²) in [5.41, 5.74) is 3.78. The molecule has 0 amide bonds. The average molecular weight is 549 g/mol. The first kappa shape index (κ1) is 36.6. The summed E-state index contributed by atoms with van der Waals surface area (Å²) in [6.07, 6.45) is 11.9. The van der Waals surface area contributed by atoms with Crippen LogP contribution < -0.4 is 0 Å². The van der Waals surface area contributed by atoms with E-state index in [1.54, 1.807) is 0 Å². The lowest BCUT2D eigenvalue weighted by molar-refractivity contribution is -0.168. The van der Waals surface area contributed by atoms with Crippen LogP contribution in [0.5, 0.6) is 0 Å². The third-order valence-electron chi connectivity index (χ3n) is 6.34. The van der Waals surface area contributed by atoms with Gasteiger partial charge in [0, 0.05) is 19.3 Å². The predicted molar refractivity (Wildman–Crippen MR) is 159 cm³/mol. The van der Waals surface area contributed by atoms with Gasteiger partial charge in [0.05, 0.1) is 0 Å². The fraction of sp³-hybridized carbons (Fsp3) is 0.727. The summed E-state index contributed by atoms with van der Waals surface area (Å²) in [5.74, 6) is -0.530. The SMILES string of the molecule is CC(C)=CCCC(C)CC(=O)OCC(COC(=O)CC(C)CCC=C(C)C)OC(=O)CC(C)CCC=C(C)C. The Morgan fingerprint density at radius 2 is 0.846 bits per heavy atom. The van der Waals surface area contributed by atoms with Crippen LogP contribution in [0.4, 0.5) is 0 Å². The third-order valence-corrected chi connectivity index (χ3v) is 6.34. The van der Waals surface area contributed by atoms with Crippen LogP contribution >= 0.6 is 0 Å². The van der Waals surface area contributed by atoms with Gasteiger partial charge in [0.2, 0.25) is 0 Å². The summed E-state index contributed by atoms with van der Waals surface area (Å²) in [5, 5.41) is 0. The molecule has 0 spiro atoms. The van der Waals surface area contributed by atoms with Crippen molar-refractivity contribution < 1.29 is 28.6 Å². The van der Waals surface area contributed by atoms with E-state index in [2.05, 4.69) is 59.8 Å². The Labute approximate surface area is 238 Å². The first-order chi connectivity index (χ1) is 18.3. The van der Waals surface area contributed by atoms with Crippen molar-refractivity contribution in [3.8, 4) is 0 Å². The van der Waals surface area contributed by atoms with Gasteiger partial charge in [-0.15, -0.1) is 0 Å². The molecule has 0 aliphatic rings. The molecule has 6 nitrogen and oxygen atoms in total. The maximum absolute atomic E-state index is 12.6. The van der Waals surface area contributed by atoms with Gasteiger partial charge in [-0.25, -0.2) is 0 Å². The van der Waals surface area contributed by atoms with Crippen LogP contribution in [0.15, 0.2) is 34.9 Å². The van der Waals surface area contributed by atoms with Crippen molar-refractivity contribution in [3.05, 3.63) is 34.9 Å². The molecule has 0 aromatic rings. The van der Waals surface area contributed by atoms with Gasteiger partial charge < -0.3 is 14.2 Å². The van der Waals surface area contributed by atoms with Gasteiger partial charge in [0.25, 0.3) is 0 Å². The predicted octanol–water partition coefficient (Wildman–Crippen LogP) is 8.30. The summed E-state index contributed by atoms with van der Waals surface area (Å²) in [6, 6.07) is 0. The molecule has 0 bridgehead atoms. The molecule has 39 heavy (non-hydrogen) atoms. The van der Waals surface area contributed by atoms with Crippen LogP contribution in [0, 0.1) is 17.8 Å². The topological polar surface area (TPSA) is 78.9 Å². The molecular formula is C33H56O6.